The molecular weight excluding hydrogens is 557 g/mol. The van der Waals surface area contributed by atoms with Gasteiger partial charge in [-0.25, -0.2) is 0 Å². The highest BCUT2D eigenvalue weighted by Gasteiger charge is 2.23. The van der Waals surface area contributed by atoms with Crippen LogP contribution in [0.25, 0.3) is 0 Å². The SMILES string of the molecule is Cc1ccc(Cl)cc1N=Cc1cc(Br)cc(Br)c1Oc1ccc([N+](=O)[O-])cc1[N+](=O)[O-]. The standard InChI is InChI=1S/C20H12Br2ClN3O5/c1-11-2-3-14(23)8-17(11)24-10-12-6-13(21)7-16(22)20(12)31-19-5-4-15(25(27)28)9-18(19)26(29)30/h2-10H,1H3. The second kappa shape index (κ2) is 9.54. The summed E-state index contributed by atoms with van der Waals surface area (Å²) in [4.78, 5) is 25.4. The highest BCUT2D eigenvalue weighted by molar-refractivity contribution is 9.11. The van der Waals surface area contributed by atoms with Crippen molar-refractivity contribution < 1.29 is 14.6 Å². The molecule has 0 unspecified atom stereocenters. The van der Waals surface area contributed by atoms with Crippen molar-refractivity contribution in [2.75, 3.05) is 0 Å². The van der Waals surface area contributed by atoms with Crippen LogP contribution in [0.4, 0.5) is 17.1 Å². The minimum atomic E-state index is -0.738. The second-order valence-electron chi connectivity index (χ2n) is 6.26. The van der Waals surface area contributed by atoms with Crippen LogP contribution >= 0.6 is 43.5 Å². The van der Waals surface area contributed by atoms with Gasteiger partial charge in [-0.2, -0.15) is 0 Å². The first kappa shape index (κ1) is 22.9. The van der Waals surface area contributed by atoms with E-state index in [0.717, 1.165) is 17.7 Å². The zero-order chi connectivity index (χ0) is 22.7. The van der Waals surface area contributed by atoms with Crippen LogP contribution in [0.5, 0.6) is 11.5 Å². The lowest BCUT2D eigenvalue weighted by Gasteiger charge is -2.12. The molecule has 31 heavy (non-hydrogen) atoms. The van der Waals surface area contributed by atoms with E-state index >= 15 is 0 Å². The second-order valence-corrected chi connectivity index (χ2v) is 8.47. The molecule has 0 aromatic heterocycles. The van der Waals surface area contributed by atoms with Gasteiger partial charge >= 0.3 is 5.69 Å². The van der Waals surface area contributed by atoms with Crippen molar-refractivity contribution in [3.63, 3.8) is 0 Å². The Morgan fingerprint density at radius 1 is 1.03 bits per heavy atom. The molecule has 11 heteroatoms. The maximum atomic E-state index is 11.4. The topological polar surface area (TPSA) is 108 Å². The average molecular weight is 570 g/mol. The maximum Gasteiger partial charge on any atom is 0.318 e. The number of ether oxygens (including phenoxy) is 1. The molecule has 0 saturated heterocycles. The van der Waals surface area contributed by atoms with E-state index in [0.29, 0.717) is 25.2 Å². The van der Waals surface area contributed by atoms with E-state index in [-0.39, 0.29) is 11.5 Å². The number of nitro groups is 2. The Kier molecular flexibility index (Phi) is 7.04. The van der Waals surface area contributed by atoms with Gasteiger partial charge in [-0.15, -0.1) is 0 Å². The summed E-state index contributed by atoms with van der Waals surface area (Å²) in [5, 5.41) is 22.9. The van der Waals surface area contributed by atoms with Crippen LogP contribution in [0.3, 0.4) is 0 Å². The molecule has 0 amide bonds. The fraction of sp³-hybridized carbons (Fsp3) is 0.0500. The third-order valence-electron chi connectivity index (χ3n) is 4.11. The zero-order valence-corrected chi connectivity index (χ0v) is 19.6. The van der Waals surface area contributed by atoms with E-state index in [1.165, 1.54) is 6.07 Å². The lowest BCUT2D eigenvalue weighted by atomic mass is 10.2. The van der Waals surface area contributed by atoms with Gasteiger partial charge in [0.25, 0.3) is 5.69 Å². The summed E-state index contributed by atoms with van der Waals surface area (Å²) < 4.78 is 7.03. The van der Waals surface area contributed by atoms with E-state index < -0.39 is 21.2 Å². The number of hydrogen-bond acceptors (Lipinski definition) is 6. The monoisotopic (exact) mass is 567 g/mol. The third kappa shape index (κ3) is 5.46. The number of rotatable bonds is 6. The predicted molar refractivity (Wildman–Crippen MR) is 125 cm³/mol. The largest absolute Gasteiger partial charge is 0.448 e. The summed E-state index contributed by atoms with van der Waals surface area (Å²) >= 11 is 12.8. The highest BCUT2D eigenvalue weighted by Crippen LogP contribution is 2.40. The van der Waals surface area contributed by atoms with E-state index in [1.807, 2.05) is 13.0 Å². The van der Waals surface area contributed by atoms with Gasteiger partial charge in [0, 0.05) is 27.3 Å². The molecule has 0 heterocycles. The molecule has 0 spiro atoms. The fourth-order valence-corrected chi connectivity index (χ4v) is 4.11. The van der Waals surface area contributed by atoms with Gasteiger partial charge in [-0.05, 0) is 58.7 Å². The summed E-state index contributed by atoms with van der Waals surface area (Å²) in [7, 11) is 0. The van der Waals surface area contributed by atoms with Crippen LogP contribution < -0.4 is 4.74 Å². The lowest BCUT2D eigenvalue weighted by Crippen LogP contribution is -1.98. The Hall–Kier alpha value is -2.82. The van der Waals surface area contributed by atoms with Crippen LogP contribution in [0, 0.1) is 27.2 Å². The normalized spacial score (nSPS) is 11.0. The zero-order valence-electron chi connectivity index (χ0n) is 15.7. The van der Waals surface area contributed by atoms with Crippen molar-refractivity contribution >= 4 is 66.7 Å². The molecule has 8 nitrogen and oxygen atoms in total. The minimum absolute atomic E-state index is 0.146. The molecule has 3 rings (SSSR count). The van der Waals surface area contributed by atoms with Crippen LogP contribution in [0.1, 0.15) is 11.1 Å². The molecule has 3 aromatic carbocycles. The van der Waals surface area contributed by atoms with E-state index in [9.17, 15) is 20.2 Å². The van der Waals surface area contributed by atoms with Crippen LogP contribution in [0.15, 0.2) is 62.5 Å². The quantitative estimate of drug-likeness (QED) is 0.173. The Labute approximate surface area is 198 Å². The molecule has 0 fully saturated rings. The first-order valence-electron chi connectivity index (χ1n) is 8.55. The number of benzene rings is 3. The molecule has 0 bridgehead atoms. The van der Waals surface area contributed by atoms with Gasteiger partial charge in [-0.1, -0.05) is 33.6 Å². The Bertz CT molecular complexity index is 1230. The van der Waals surface area contributed by atoms with Gasteiger partial charge in [0.2, 0.25) is 5.75 Å². The first-order valence-corrected chi connectivity index (χ1v) is 10.5. The van der Waals surface area contributed by atoms with E-state index in [2.05, 4.69) is 36.9 Å². The molecule has 158 valence electrons. The van der Waals surface area contributed by atoms with Crippen LogP contribution in [-0.2, 0) is 0 Å². The minimum Gasteiger partial charge on any atom is -0.448 e. The van der Waals surface area contributed by atoms with E-state index in [4.69, 9.17) is 16.3 Å². The number of aliphatic imine (C=N–C) groups is 1. The number of aryl methyl sites for hydroxylation is 1. The Morgan fingerprint density at radius 3 is 2.45 bits per heavy atom. The molecule has 3 aromatic rings. The molecule has 0 radical (unpaired) electrons. The van der Waals surface area contributed by atoms with Gasteiger partial charge in [0.1, 0.15) is 0 Å². The van der Waals surface area contributed by atoms with Gasteiger partial charge < -0.3 is 4.74 Å². The summed E-state index contributed by atoms with van der Waals surface area (Å²) in [5.74, 6) is 0.107. The van der Waals surface area contributed by atoms with E-state index in [1.54, 1.807) is 30.5 Å². The first-order chi connectivity index (χ1) is 14.7. The summed E-state index contributed by atoms with van der Waals surface area (Å²) in [5.41, 5.74) is 1.12. The highest BCUT2D eigenvalue weighted by atomic mass is 79.9. The van der Waals surface area contributed by atoms with Crippen LogP contribution in [0.2, 0.25) is 5.02 Å². The summed E-state index contributed by atoms with van der Waals surface area (Å²) in [6.07, 6.45) is 1.54. The predicted octanol–water partition coefficient (Wildman–Crippen LogP) is 7.53. The Morgan fingerprint density at radius 2 is 1.77 bits per heavy atom. The average Bonchev–Trinajstić information content (AvgIpc) is 2.70. The van der Waals surface area contributed by atoms with Crippen molar-refractivity contribution in [1.29, 1.82) is 0 Å². The molecule has 0 N–H and O–H groups in total. The molecule has 0 aliphatic heterocycles. The van der Waals surface area contributed by atoms with Gasteiger partial charge in [0.05, 0.1) is 26.1 Å². The summed E-state index contributed by atoms with van der Waals surface area (Å²) in [6.45, 7) is 1.89. The van der Waals surface area contributed by atoms with Crippen molar-refractivity contribution in [2.24, 2.45) is 4.99 Å². The number of halogens is 3. The van der Waals surface area contributed by atoms with Crippen molar-refractivity contribution in [3.05, 3.63) is 93.9 Å². The van der Waals surface area contributed by atoms with Crippen LogP contribution in [-0.4, -0.2) is 16.1 Å². The molecule has 0 saturated carbocycles. The van der Waals surface area contributed by atoms with Crippen molar-refractivity contribution in [2.45, 2.75) is 6.92 Å². The molecule has 0 aliphatic rings. The van der Waals surface area contributed by atoms with Crippen molar-refractivity contribution in [3.8, 4) is 11.5 Å². The number of hydrogen-bond donors (Lipinski definition) is 0. The third-order valence-corrected chi connectivity index (χ3v) is 5.40. The number of nitro benzene ring substituents is 2. The number of nitrogens with zero attached hydrogens (tertiary/aromatic N) is 3. The molecular formula is C20H12Br2ClN3O5. The fourth-order valence-electron chi connectivity index (χ4n) is 2.60. The summed E-state index contributed by atoms with van der Waals surface area (Å²) in [6, 6.07) is 11.9. The Balaban J connectivity index is 2.07. The van der Waals surface area contributed by atoms with Crippen molar-refractivity contribution in [1.82, 2.24) is 0 Å². The molecule has 0 atom stereocenters. The maximum absolute atomic E-state index is 11.4. The smallest absolute Gasteiger partial charge is 0.318 e. The number of non-ortho nitro benzene ring substituents is 1. The lowest BCUT2D eigenvalue weighted by molar-refractivity contribution is -0.394. The van der Waals surface area contributed by atoms with Gasteiger partial charge in [0.15, 0.2) is 5.75 Å². The molecule has 0 aliphatic carbocycles. The van der Waals surface area contributed by atoms with Gasteiger partial charge in [-0.3, -0.25) is 25.2 Å².